The van der Waals surface area contributed by atoms with Gasteiger partial charge in [-0.15, -0.1) is 0 Å². The van der Waals surface area contributed by atoms with E-state index in [1.165, 1.54) is 6.20 Å². The average molecular weight is 355 g/mol. The lowest BCUT2D eigenvalue weighted by Crippen LogP contribution is -2.48. The highest BCUT2D eigenvalue weighted by Gasteiger charge is 2.30. The van der Waals surface area contributed by atoms with Crippen molar-refractivity contribution in [1.82, 2.24) is 15.3 Å². The van der Waals surface area contributed by atoms with Crippen LogP contribution in [0.2, 0.25) is 0 Å². The molecule has 0 aromatic rings. The van der Waals surface area contributed by atoms with E-state index in [9.17, 15) is 4.79 Å². The van der Waals surface area contributed by atoms with Crippen LogP contribution >= 0.6 is 11.8 Å². The molecule has 1 fully saturated rings. The zero-order valence-electron chi connectivity index (χ0n) is 15.0. The van der Waals surface area contributed by atoms with Crippen molar-refractivity contribution in [2.45, 2.75) is 65.0 Å². The van der Waals surface area contributed by atoms with Crippen LogP contribution in [-0.2, 0) is 4.79 Å². The van der Waals surface area contributed by atoms with Crippen molar-refractivity contribution in [3.63, 3.8) is 0 Å². The number of carbonyl (C=O) groups excluding carboxylic acids is 1. The van der Waals surface area contributed by atoms with Crippen LogP contribution < -0.4 is 16.0 Å². The number of carbonyl (C=O) groups is 1. The minimum Gasteiger partial charge on any atom is -0.405 e. The molecule has 6 heteroatoms. The van der Waals surface area contributed by atoms with E-state index in [1.54, 1.807) is 6.08 Å². The second-order valence-corrected chi connectivity index (χ2v) is 6.57. The normalized spacial score (nSPS) is 22.8. The number of halogens is 1. The average Bonchev–Trinajstić information content (AvgIpc) is 2.56. The van der Waals surface area contributed by atoms with E-state index in [2.05, 4.69) is 36.0 Å². The lowest BCUT2D eigenvalue weighted by Gasteiger charge is -2.37. The van der Waals surface area contributed by atoms with Gasteiger partial charge in [0.05, 0.1) is 0 Å². The lowest BCUT2D eigenvalue weighted by atomic mass is 9.85. The minimum atomic E-state index is 0.0373. The van der Waals surface area contributed by atoms with Gasteiger partial charge in [-0.25, -0.2) is 5.01 Å². The van der Waals surface area contributed by atoms with Crippen LogP contribution in [0, 0.1) is 5.92 Å². The fraction of sp³-hybridized carbons (Fsp3) is 0.611. The number of amides is 1. The predicted molar refractivity (Wildman–Crippen MR) is 101 cm³/mol. The zero-order chi connectivity index (χ0) is 17.9. The Balaban J connectivity index is 2.58. The first kappa shape index (κ1) is 20.7. The van der Waals surface area contributed by atoms with Crippen LogP contribution in [0.5, 0.6) is 0 Å². The van der Waals surface area contributed by atoms with Crippen molar-refractivity contribution in [1.29, 1.82) is 0 Å². The van der Waals surface area contributed by atoms with E-state index < -0.39 is 0 Å². The van der Waals surface area contributed by atoms with Gasteiger partial charge in [0, 0.05) is 23.7 Å². The quantitative estimate of drug-likeness (QED) is 0.355. The topological polar surface area (TPSA) is 70.4 Å². The Morgan fingerprint density at radius 2 is 2.00 bits per heavy atom. The van der Waals surface area contributed by atoms with Crippen LogP contribution in [-0.4, -0.2) is 23.0 Å². The molecule has 0 saturated heterocycles. The Hall–Kier alpha value is -1.30. The maximum absolute atomic E-state index is 12.5. The van der Waals surface area contributed by atoms with Gasteiger partial charge in [-0.2, -0.15) is 4.94 Å². The molecule has 0 heterocycles. The molecule has 1 aliphatic rings. The summed E-state index contributed by atoms with van der Waals surface area (Å²) >= 11 is 5.82. The van der Waals surface area contributed by atoms with Crippen LogP contribution in [0.3, 0.4) is 0 Å². The number of nitrogens with one attached hydrogen (secondary N) is 2. The van der Waals surface area contributed by atoms with Gasteiger partial charge in [-0.1, -0.05) is 19.1 Å². The highest BCUT2D eigenvalue weighted by molar-refractivity contribution is 6.13. The van der Waals surface area contributed by atoms with Crippen molar-refractivity contribution < 1.29 is 4.79 Å². The smallest absolute Gasteiger partial charge is 0.227 e. The Labute approximate surface area is 151 Å². The number of nitrogens with zero attached hydrogens (tertiary/aromatic N) is 1. The number of hydrazine groups is 1. The molecule has 0 aromatic carbocycles. The van der Waals surface area contributed by atoms with Gasteiger partial charge in [0.15, 0.2) is 0 Å². The Bertz CT molecular complexity index is 466. The third-order valence-corrected chi connectivity index (χ3v) is 4.50. The molecule has 0 aliphatic heterocycles. The van der Waals surface area contributed by atoms with E-state index in [1.807, 2.05) is 18.2 Å². The molecule has 136 valence electrons. The third-order valence-electron chi connectivity index (χ3n) is 4.31. The summed E-state index contributed by atoms with van der Waals surface area (Å²) in [6.45, 7) is 6.28. The van der Waals surface area contributed by atoms with Crippen molar-refractivity contribution in [2.75, 3.05) is 0 Å². The summed E-state index contributed by atoms with van der Waals surface area (Å²) in [6.07, 6.45) is 13.6. The summed E-state index contributed by atoms with van der Waals surface area (Å²) in [5, 5.41) is 5.04. The summed E-state index contributed by atoms with van der Waals surface area (Å²) in [6, 6.07) is 0.699. The maximum Gasteiger partial charge on any atom is 0.227 e. The van der Waals surface area contributed by atoms with Gasteiger partial charge in [-0.05, 0) is 76.1 Å². The second-order valence-electron chi connectivity index (χ2n) is 6.40. The molecule has 1 saturated carbocycles. The van der Waals surface area contributed by atoms with E-state index >= 15 is 0 Å². The van der Waals surface area contributed by atoms with E-state index in [-0.39, 0.29) is 11.8 Å². The van der Waals surface area contributed by atoms with Crippen LogP contribution in [0.25, 0.3) is 0 Å². The van der Waals surface area contributed by atoms with Gasteiger partial charge >= 0.3 is 0 Å². The number of allylic oxidation sites excluding steroid dienone is 4. The first-order valence-corrected chi connectivity index (χ1v) is 9.11. The van der Waals surface area contributed by atoms with E-state index in [0.29, 0.717) is 12.1 Å². The number of nitrogens with two attached hydrogens (primary N) is 1. The molecule has 0 bridgehead atoms. The van der Waals surface area contributed by atoms with Crippen LogP contribution in [0.4, 0.5) is 0 Å². The highest BCUT2D eigenvalue weighted by atomic mass is 35.5. The number of hydrogen-bond donors (Lipinski definition) is 3. The molecule has 1 rings (SSSR count). The standard InChI is InChI=1S/C18H31ClN4O/c1-4-5-6-7-16(12-13-20)21-18(24)15-8-10-17(11-9-15)23(22-19)14(2)3/h5-7,12-15,17,22H,4,8-11,20H2,1-3H3,(H,21,24)/b6-5-,13-12-,16-7+. The Morgan fingerprint density at radius 3 is 2.50 bits per heavy atom. The number of rotatable bonds is 8. The molecule has 1 aliphatic carbocycles. The van der Waals surface area contributed by atoms with Crippen LogP contribution in [0.15, 0.2) is 36.2 Å². The molecule has 1 amide bonds. The molecule has 0 atom stereocenters. The molecular formula is C18H31ClN4O. The maximum atomic E-state index is 12.5. The first-order valence-electron chi connectivity index (χ1n) is 8.74. The zero-order valence-corrected chi connectivity index (χ0v) is 15.7. The minimum absolute atomic E-state index is 0.0373. The molecule has 0 aromatic heterocycles. The first-order chi connectivity index (χ1) is 11.5. The summed E-state index contributed by atoms with van der Waals surface area (Å²) in [5.41, 5.74) is 6.18. The predicted octanol–water partition coefficient (Wildman–Crippen LogP) is 3.35. The van der Waals surface area contributed by atoms with Crippen molar-refractivity contribution in [3.05, 3.63) is 36.2 Å². The summed E-state index contributed by atoms with van der Waals surface area (Å²) in [5.74, 6) is 0.105. The molecule has 0 radical (unpaired) electrons. The van der Waals surface area contributed by atoms with Crippen molar-refractivity contribution in [2.24, 2.45) is 11.7 Å². The fourth-order valence-electron chi connectivity index (χ4n) is 3.00. The van der Waals surface area contributed by atoms with E-state index in [4.69, 9.17) is 17.5 Å². The SMILES string of the molecule is CC\C=C/C=C(\C=C/N)NC(=O)C1CCC(N(NCl)C(C)C)CC1. The highest BCUT2D eigenvalue weighted by Crippen LogP contribution is 2.28. The summed E-state index contributed by atoms with van der Waals surface area (Å²) < 4.78 is 0. The van der Waals surface area contributed by atoms with E-state index in [0.717, 1.165) is 37.8 Å². The van der Waals surface area contributed by atoms with Gasteiger partial charge in [0.2, 0.25) is 5.91 Å². The van der Waals surface area contributed by atoms with Gasteiger partial charge in [0.25, 0.3) is 0 Å². The molecule has 4 N–H and O–H groups in total. The fourth-order valence-corrected chi connectivity index (χ4v) is 3.33. The Morgan fingerprint density at radius 1 is 1.33 bits per heavy atom. The third kappa shape index (κ3) is 6.67. The summed E-state index contributed by atoms with van der Waals surface area (Å²) in [4.78, 5) is 15.2. The molecule has 0 spiro atoms. The largest absolute Gasteiger partial charge is 0.405 e. The Kier molecular flexibility index (Phi) is 9.76. The van der Waals surface area contributed by atoms with Crippen LogP contribution in [0.1, 0.15) is 52.9 Å². The van der Waals surface area contributed by atoms with Crippen molar-refractivity contribution >= 4 is 17.7 Å². The van der Waals surface area contributed by atoms with Gasteiger partial charge in [-0.3, -0.25) is 4.79 Å². The lowest BCUT2D eigenvalue weighted by molar-refractivity contribution is -0.125. The number of hydrogen-bond acceptors (Lipinski definition) is 4. The van der Waals surface area contributed by atoms with Crippen molar-refractivity contribution in [3.8, 4) is 0 Å². The van der Waals surface area contributed by atoms with Gasteiger partial charge < -0.3 is 11.1 Å². The monoisotopic (exact) mass is 354 g/mol. The molecule has 24 heavy (non-hydrogen) atoms. The molecule has 5 nitrogen and oxygen atoms in total. The molecule has 0 unspecified atom stereocenters. The second kappa shape index (κ2) is 11.3. The molecular weight excluding hydrogens is 324 g/mol. The summed E-state index contributed by atoms with van der Waals surface area (Å²) in [7, 11) is 0. The van der Waals surface area contributed by atoms with Gasteiger partial charge in [0.1, 0.15) is 0 Å².